The van der Waals surface area contributed by atoms with E-state index in [0.29, 0.717) is 22.2 Å². The largest absolute Gasteiger partial charge is 0.495 e. The molecule has 28 heavy (non-hydrogen) atoms. The fraction of sp³-hybridized carbons (Fsp3) is 0.158. The van der Waals surface area contributed by atoms with E-state index in [9.17, 15) is 9.18 Å². The minimum atomic E-state index is -0.860. The van der Waals surface area contributed by atoms with Gasteiger partial charge in [-0.2, -0.15) is 0 Å². The molecule has 0 saturated carbocycles. The molecule has 5 nitrogen and oxygen atoms in total. The summed E-state index contributed by atoms with van der Waals surface area (Å²) in [6.45, 7) is 1.68. The fourth-order valence-corrected chi connectivity index (χ4v) is 3.66. The van der Waals surface area contributed by atoms with E-state index >= 15 is 0 Å². The number of carbonyl (C=O) groups is 1. The van der Waals surface area contributed by atoms with Crippen molar-refractivity contribution in [2.24, 2.45) is 0 Å². The maximum atomic E-state index is 14.5. The standard InChI is InChI=1S/C19H16Cl2FN3O2S/c1-9-15(18(26)24-13-7-6-10(20)8-14(13)27-2)17(25-19(28)23-9)16-11(21)4-3-5-12(16)22/h3-8,17H,1-2H3,(H,24,26)(H2,23,25,28). The molecule has 1 heterocycles. The Morgan fingerprint density at radius 1 is 1.29 bits per heavy atom. The number of carbonyl (C=O) groups excluding carboxylic acids is 1. The van der Waals surface area contributed by atoms with Gasteiger partial charge in [0.15, 0.2) is 5.11 Å². The van der Waals surface area contributed by atoms with E-state index in [0.717, 1.165) is 0 Å². The monoisotopic (exact) mass is 439 g/mol. The minimum Gasteiger partial charge on any atom is -0.495 e. The van der Waals surface area contributed by atoms with Gasteiger partial charge < -0.3 is 20.7 Å². The first-order valence-electron chi connectivity index (χ1n) is 8.19. The van der Waals surface area contributed by atoms with Gasteiger partial charge in [0.25, 0.3) is 5.91 Å². The summed E-state index contributed by atoms with van der Waals surface area (Å²) in [5.41, 5.74) is 1.29. The number of rotatable bonds is 4. The maximum absolute atomic E-state index is 14.5. The Morgan fingerprint density at radius 3 is 2.71 bits per heavy atom. The van der Waals surface area contributed by atoms with Crippen molar-refractivity contribution in [3.05, 3.63) is 69.1 Å². The van der Waals surface area contributed by atoms with Crippen LogP contribution in [-0.4, -0.2) is 18.1 Å². The summed E-state index contributed by atoms with van der Waals surface area (Å²) in [5, 5.41) is 9.51. The van der Waals surface area contributed by atoms with Gasteiger partial charge in [-0.05, 0) is 43.4 Å². The van der Waals surface area contributed by atoms with Gasteiger partial charge in [0.2, 0.25) is 0 Å². The highest BCUT2D eigenvalue weighted by molar-refractivity contribution is 7.80. The van der Waals surface area contributed by atoms with Crippen LogP contribution in [0, 0.1) is 5.82 Å². The minimum absolute atomic E-state index is 0.139. The van der Waals surface area contributed by atoms with Crippen LogP contribution in [0.4, 0.5) is 10.1 Å². The van der Waals surface area contributed by atoms with E-state index in [1.54, 1.807) is 31.2 Å². The number of hydrogen-bond acceptors (Lipinski definition) is 3. The van der Waals surface area contributed by atoms with Crippen LogP contribution in [-0.2, 0) is 4.79 Å². The second-order valence-corrected chi connectivity index (χ2v) is 7.26. The number of hydrogen-bond donors (Lipinski definition) is 3. The van der Waals surface area contributed by atoms with Crippen molar-refractivity contribution >= 4 is 52.1 Å². The first-order chi connectivity index (χ1) is 13.3. The molecule has 146 valence electrons. The van der Waals surface area contributed by atoms with Crippen molar-refractivity contribution in [2.45, 2.75) is 13.0 Å². The lowest BCUT2D eigenvalue weighted by Gasteiger charge is -2.31. The molecule has 0 aliphatic carbocycles. The molecule has 2 aromatic carbocycles. The van der Waals surface area contributed by atoms with Crippen LogP contribution in [0.15, 0.2) is 47.7 Å². The summed E-state index contributed by atoms with van der Waals surface area (Å²) >= 11 is 17.4. The molecule has 3 rings (SSSR count). The third-order valence-electron chi connectivity index (χ3n) is 4.21. The van der Waals surface area contributed by atoms with Crippen LogP contribution in [0.3, 0.4) is 0 Å². The highest BCUT2D eigenvalue weighted by Crippen LogP contribution is 2.35. The highest BCUT2D eigenvalue weighted by atomic mass is 35.5. The second-order valence-electron chi connectivity index (χ2n) is 6.00. The Balaban J connectivity index is 2.03. The third kappa shape index (κ3) is 4.06. The molecular formula is C19H16Cl2FN3O2S. The van der Waals surface area contributed by atoms with Crippen LogP contribution < -0.4 is 20.7 Å². The fourth-order valence-electron chi connectivity index (χ4n) is 2.96. The average Bonchev–Trinajstić information content (AvgIpc) is 2.62. The Bertz CT molecular complexity index is 977. The normalized spacial score (nSPS) is 16.3. The third-order valence-corrected chi connectivity index (χ3v) is 5.00. The number of allylic oxidation sites excluding steroid dienone is 1. The molecule has 0 fully saturated rings. The van der Waals surface area contributed by atoms with Crippen LogP contribution in [0.25, 0.3) is 0 Å². The molecule has 0 saturated heterocycles. The lowest BCUT2D eigenvalue weighted by Crippen LogP contribution is -2.46. The number of thiocarbonyl (C=S) groups is 1. The van der Waals surface area contributed by atoms with Gasteiger partial charge in [-0.3, -0.25) is 4.79 Å². The summed E-state index contributed by atoms with van der Waals surface area (Å²) < 4.78 is 19.8. The lowest BCUT2D eigenvalue weighted by molar-refractivity contribution is -0.113. The predicted molar refractivity (Wildman–Crippen MR) is 112 cm³/mol. The van der Waals surface area contributed by atoms with Crippen LogP contribution in [0.2, 0.25) is 10.0 Å². The molecule has 1 aliphatic rings. The Kier molecular flexibility index (Phi) is 6.07. The molecule has 0 aromatic heterocycles. The van der Waals surface area contributed by atoms with Crippen molar-refractivity contribution in [3.8, 4) is 5.75 Å². The van der Waals surface area contributed by atoms with Crippen molar-refractivity contribution in [3.63, 3.8) is 0 Å². The molecule has 0 spiro atoms. The number of nitrogens with one attached hydrogen (secondary N) is 3. The number of benzene rings is 2. The van der Waals surface area contributed by atoms with E-state index in [-0.39, 0.29) is 21.3 Å². The summed E-state index contributed by atoms with van der Waals surface area (Å²) in [6.07, 6.45) is 0. The van der Waals surface area contributed by atoms with Crippen molar-refractivity contribution < 1.29 is 13.9 Å². The van der Waals surface area contributed by atoms with E-state index in [4.69, 9.17) is 40.2 Å². The molecule has 2 aromatic rings. The molecule has 9 heteroatoms. The highest BCUT2D eigenvalue weighted by Gasteiger charge is 2.33. The summed E-state index contributed by atoms with van der Waals surface area (Å²) in [4.78, 5) is 13.1. The molecule has 0 bridgehead atoms. The zero-order chi connectivity index (χ0) is 20.4. The van der Waals surface area contributed by atoms with Crippen LogP contribution in [0.5, 0.6) is 5.75 Å². The van der Waals surface area contributed by atoms with Crippen molar-refractivity contribution in [1.29, 1.82) is 0 Å². The van der Waals surface area contributed by atoms with Gasteiger partial charge in [-0.15, -0.1) is 0 Å². The first-order valence-corrected chi connectivity index (χ1v) is 9.35. The summed E-state index contributed by atoms with van der Waals surface area (Å²) in [7, 11) is 1.47. The van der Waals surface area contributed by atoms with E-state index < -0.39 is 17.8 Å². The Labute approximate surface area is 176 Å². The number of amides is 1. The van der Waals surface area contributed by atoms with E-state index in [1.807, 2.05) is 0 Å². The van der Waals surface area contributed by atoms with Crippen LogP contribution >= 0.6 is 35.4 Å². The van der Waals surface area contributed by atoms with Gasteiger partial charge in [0.05, 0.1) is 24.4 Å². The predicted octanol–water partition coefficient (Wildman–Crippen LogP) is 4.57. The van der Waals surface area contributed by atoms with Crippen molar-refractivity contribution in [2.75, 3.05) is 12.4 Å². The van der Waals surface area contributed by atoms with E-state index in [1.165, 1.54) is 19.2 Å². The van der Waals surface area contributed by atoms with Gasteiger partial charge in [0.1, 0.15) is 11.6 Å². The van der Waals surface area contributed by atoms with Crippen molar-refractivity contribution in [1.82, 2.24) is 10.6 Å². The van der Waals surface area contributed by atoms with Gasteiger partial charge in [-0.1, -0.05) is 29.3 Å². The van der Waals surface area contributed by atoms with Gasteiger partial charge in [-0.25, -0.2) is 4.39 Å². The Hall–Kier alpha value is -2.35. The van der Waals surface area contributed by atoms with Gasteiger partial charge in [0, 0.05) is 27.4 Å². The second kappa shape index (κ2) is 8.34. The quantitative estimate of drug-likeness (QED) is 0.608. The SMILES string of the molecule is COc1cc(Cl)ccc1NC(=O)C1=C(C)NC(=S)NC1c1c(F)cccc1Cl. The molecule has 1 unspecified atom stereocenters. The number of halogens is 3. The number of ether oxygens (including phenoxy) is 1. The smallest absolute Gasteiger partial charge is 0.255 e. The summed E-state index contributed by atoms with van der Waals surface area (Å²) in [6, 6.07) is 8.29. The molecule has 1 amide bonds. The lowest BCUT2D eigenvalue weighted by atomic mass is 9.94. The molecule has 1 atom stereocenters. The maximum Gasteiger partial charge on any atom is 0.255 e. The topological polar surface area (TPSA) is 62.4 Å². The molecular weight excluding hydrogens is 424 g/mol. The zero-order valence-electron chi connectivity index (χ0n) is 14.9. The molecule has 3 N–H and O–H groups in total. The zero-order valence-corrected chi connectivity index (χ0v) is 17.2. The molecule has 1 aliphatic heterocycles. The molecule has 0 radical (unpaired) electrons. The van der Waals surface area contributed by atoms with E-state index in [2.05, 4.69) is 16.0 Å². The number of methoxy groups -OCH3 is 1. The summed E-state index contributed by atoms with van der Waals surface area (Å²) in [5.74, 6) is -0.617. The van der Waals surface area contributed by atoms with Crippen LogP contribution in [0.1, 0.15) is 18.5 Å². The first kappa shape index (κ1) is 20.4. The average molecular weight is 440 g/mol. The van der Waals surface area contributed by atoms with Gasteiger partial charge >= 0.3 is 0 Å². The Morgan fingerprint density at radius 2 is 2.04 bits per heavy atom. The number of anilines is 1.